The van der Waals surface area contributed by atoms with Gasteiger partial charge in [-0.15, -0.1) is 0 Å². The number of aryl methyl sites for hydroxylation is 1. The molecule has 1 aliphatic rings. The molecule has 9 heteroatoms. The lowest BCUT2D eigenvalue weighted by atomic mass is 10.1. The van der Waals surface area contributed by atoms with E-state index in [1.54, 1.807) is 47.2 Å². The van der Waals surface area contributed by atoms with Gasteiger partial charge in [0.25, 0.3) is 11.8 Å². The maximum absolute atomic E-state index is 13.1. The van der Waals surface area contributed by atoms with Gasteiger partial charge in [-0.1, -0.05) is 0 Å². The Morgan fingerprint density at radius 2 is 2.17 bits per heavy atom. The van der Waals surface area contributed by atoms with Gasteiger partial charge in [0.1, 0.15) is 23.1 Å². The molecule has 1 saturated heterocycles. The van der Waals surface area contributed by atoms with Crippen LogP contribution in [0.5, 0.6) is 5.75 Å². The second kappa shape index (κ2) is 7.86. The number of nitrogens with zero attached hydrogens (tertiary/aromatic N) is 5. The first-order valence-electron chi connectivity index (χ1n) is 9.50. The van der Waals surface area contributed by atoms with E-state index in [0.717, 1.165) is 18.5 Å². The van der Waals surface area contributed by atoms with Gasteiger partial charge in [0.15, 0.2) is 5.65 Å². The molecular formula is C20H22N6O3. The van der Waals surface area contributed by atoms with Crippen LogP contribution in [0.2, 0.25) is 0 Å². The highest BCUT2D eigenvalue weighted by atomic mass is 16.5. The van der Waals surface area contributed by atoms with Crippen molar-refractivity contribution in [2.75, 3.05) is 20.1 Å². The summed E-state index contributed by atoms with van der Waals surface area (Å²) in [5.74, 6) is 0.185. The van der Waals surface area contributed by atoms with Gasteiger partial charge >= 0.3 is 0 Å². The smallest absolute Gasteiger partial charge is 0.269 e. The largest absolute Gasteiger partial charge is 0.488 e. The molecule has 2 amide bonds. The van der Waals surface area contributed by atoms with E-state index in [0.29, 0.717) is 35.7 Å². The summed E-state index contributed by atoms with van der Waals surface area (Å²) in [5, 5.41) is 6.77. The summed E-state index contributed by atoms with van der Waals surface area (Å²) in [4.78, 5) is 35.1. The minimum Gasteiger partial charge on any atom is -0.488 e. The SMILES string of the molecule is CNC(=O)c1cc(OC2CCCN(C(=O)c3cnn4ccc(C)nc34)C2)ccn1. The van der Waals surface area contributed by atoms with Crippen LogP contribution in [0.3, 0.4) is 0 Å². The Morgan fingerprint density at radius 3 is 3.00 bits per heavy atom. The number of hydrogen-bond acceptors (Lipinski definition) is 6. The number of nitrogens with one attached hydrogen (secondary N) is 1. The molecule has 0 spiro atoms. The van der Waals surface area contributed by atoms with Crippen LogP contribution >= 0.6 is 0 Å². The van der Waals surface area contributed by atoms with Gasteiger partial charge in [-0.3, -0.25) is 14.6 Å². The highest BCUT2D eigenvalue weighted by Gasteiger charge is 2.28. The molecule has 1 atom stereocenters. The quantitative estimate of drug-likeness (QED) is 0.719. The van der Waals surface area contributed by atoms with Crippen molar-refractivity contribution in [3.05, 3.63) is 53.7 Å². The minimum absolute atomic E-state index is 0.104. The van der Waals surface area contributed by atoms with E-state index in [1.807, 2.05) is 13.0 Å². The molecule has 9 nitrogen and oxygen atoms in total. The van der Waals surface area contributed by atoms with E-state index < -0.39 is 0 Å². The first kappa shape index (κ1) is 18.9. The summed E-state index contributed by atoms with van der Waals surface area (Å²) < 4.78 is 7.65. The summed E-state index contributed by atoms with van der Waals surface area (Å²) in [6, 6.07) is 5.17. The molecule has 4 rings (SSSR count). The monoisotopic (exact) mass is 394 g/mol. The number of pyridine rings is 1. The van der Waals surface area contributed by atoms with E-state index in [4.69, 9.17) is 4.74 Å². The van der Waals surface area contributed by atoms with Crippen LogP contribution in [0.1, 0.15) is 39.4 Å². The Labute approximate surface area is 167 Å². The fourth-order valence-corrected chi connectivity index (χ4v) is 3.43. The third kappa shape index (κ3) is 3.89. The molecule has 1 N–H and O–H groups in total. The van der Waals surface area contributed by atoms with Crippen molar-refractivity contribution in [2.24, 2.45) is 0 Å². The van der Waals surface area contributed by atoms with Gasteiger partial charge < -0.3 is 15.0 Å². The fourth-order valence-electron chi connectivity index (χ4n) is 3.43. The predicted octanol–water partition coefficient (Wildman–Crippen LogP) is 1.48. The summed E-state index contributed by atoms with van der Waals surface area (Å²) >= 11 is 0. The Kier molecular flexibility index (Phi) is 5.11. The average Bonchev–Trinajstić information content (AvgIpc) is 3.16. The minimum atomic E-state index is -0.272. The highest BCUT2D eigenvalue weighted by molar-refractivity contribution is 5.99. The van der Waals surface area contributed by atoms with Gasteiger partial charge in [-0.2, -0.15) is 5.10 Å². The number of likely N-dealkylation sites (tertiary alicyclic amines) is 1. The van der Waals surface area contributed by atoms with Crippen LogP contribution in [0.25, 0.3) is 5.65 Å². The highest BCUT2D eigenvalue weighted by Crippen LogP contribution is 2.21. The van der Waals surface area contributed by atoms with Gasteiger partial charge in [0.2, 0.25) is 0 Å². The molecule has 0 radical (unpaired) electrons. The van der Waals surface area contributed by atoms with Crippen LogP contribution in [-0.4, -0.2) is 62.5 Å². The topological polar surface area (TPSA) is 102 Å². The van der Waals surface area contributed by atoms with E-state index >= 15 is 0 Å². The molecule has 1 fully saturated rings. The number of ether oxygens (including phenoxy) is 1. The van der Waals surface area contributed by atoms with E-state index in [2.05, 4.69) is 20.4 Å². The predicted molar refractivity (Wildman–Crippen MR) is 105 cm³/mol. The third-order valence-corrected chi connectivity index (χ3v) is 4.90. The molecule has 0 bridgehead atoms. The lowest BCUT2D eigenvalue weighted by Gasteiger charge is -2.32. The molecule has 0 aromatic carbocycles. The van der Waals surface area contributed by atoms with Crippen LogP contribution < -0.4 is 10.1 Å². The lowest BCUT2D eigenvalue weighted by Crippen LogP contribution is -2.44. The Balaban J connectivity index is 1.49. The van der Waals surface area contributed by atoms with Gasteiger partial charge in [-0.05, 0) is 31.9 Å². The molecule has 0 saturated carbocycles. The zero-order valence-electron chi connectivity index (χ0n) is 16.3. The summed E-state index contributed by atoms with van der Waals surface area (Å²) in [6.45, 7) is 3.00. The molecule has 3 aromatic rings. The van der Waals surface area contributed by atoms with Gasteiger partial charge in [0, 0.05) is 37.7 Å². The molecule has 4 heterocycles. The van der Waals surface area contributed by atoms with Crippen molar-refractivity contribution >= 4 is 17.5 Å². The first-order valence-corrected chi connectivity index (χ1v) is 9.50. The van der Waals surface area contributed by atoms with Crippen LogP contribution in [0.4, 0.5) is 0 Å². The molecule has 3 aromatic heterocycles. The molecule has 29 heavy (non-hydrogen) atoms. The Morgan fingerprint density at radius 1 is 1.31 bits per heavy atom. The Bertz CT molecular complexity index is 1060. The first-order chi connectivity index (χ1) is 14.0. The van der Waals surface area contributed by atoms with Crippen LogP contribution in [0, 0.1) is 6.92 Å². The number of hydrogen-bond donors (Lipinski definition) is 1. The average molecular weight is 394 g/mol. The van der Waals surface area contributed by atoms with Crippen molar-refractivity contribution < 1.29 is 14.3 Å². The third-order valence-electron chi connectivity index (χ3n) is 4.90. The van der Waals surface area contributed by atoms with Crippen molar-refractivity contribution in [3.63, 3.8) is 0 Å². The second-order valence-corrected chi connectivity index (χ2v) is 6.98. The Hall–Kier alpha value is -3.49. The number of amides is 2. The number of fused-ring (bicyclic) bond motifs is 1. The number of carbonyl (C=O) groups is 2. The number of rotatable bonds is 4. The summed E-state index contributed by atoms with van der Waals surface area (Å²) in [7, 11) is 1.55. The number of carbonyl (C=O) groups excluding carboxylic acids is 2. The summed E-state index contributed by atoms with van der Waals surface area (Å²) in [6.07, 6.45) is 6.39. The normalized spacial score (nSPS) is 16.6. The van der Waals surface area contributed by atoms with Gasteiger partial charge in [0.05, 0.1) is 12.7 Å². The fraction of sp³-hybridized carbons (Fsp3) is 0.350. The maximum atomic E-state index is 13.1. The number of aromatic nitrogens is 4. The van der Waals surface area contributed by atoms with E-state index in [9.17, 15) is 9.59 Å². The molecule has 0 aliphatic carbocycles. The van der Waals surface area contributed by atoms with Crippen molar-refractivity contribution in [1.29, 1.82) is 0 Å². The zero-order valence-corrected chi connectivity index (χ0v) is 16.3. The van der Waals surface area contributed by atoms with Crippen LogP contribution in [-0.2, 0) is 0 Å². The zero-order chi connectivity index (χ0) is 20.4. The summed E-state index contributed by atoms with van der Waals surface area (Å²) in [5.41, 5.74) is 2.17. The number of piperidine rings is 1. The van der Waals surface area contributed by atoms with Crippen molar-refractivity contribution in [2.45, 2.75) is 25.9 Å². The van der Waals surface area contributed by atoms with Crippen molar-refractivity contribution in [1.82, 2.24) is 29.8 Å². The van der Waals surface area contributed by atoms with E-state index in [1.165, 1.54) is 0 Å². The molecule has 1 unspecified atom stereocenters. The lowest BCUT2D eigenvalue weighted by molar-refractivity contribution is 0.0539. The molecular weight excluding hydrogens is 372 g/mol. The maximum Gasteiger partial charge on any atom is 0.269 e. The standard InChI is InChI=1S/C20H22N6O3/c1-13-6-9-26-18(24-13)16(11-23-26)20(28)25-8-3-4-15(12-25)29-14-5-7-22-17(10-14)19(27)21-2/h5-7,9-11,15H,3-4,8,12H2,1-2H3,(H,21,27). The molecule has 1 aliphatic heterocycles. The van der Waals surface area contributed by atoms with Gasteiger partial charge in [-0.25, -0.2) is 9.50 Å². The van der Waals surface area contributed by atoms with Crippen molar-refractivity contribution in [3.8, 4) is 5.75 Å². The second-order valence-electron chi connectivity index (χ2n) is 6.98. The van der Waals surface area contributed by atoms with E-state index in [-0.39, 0.29) is 17.9 Å². The van der Waals surface area contributed by atoms with Crippen LogP contribution in [0.15, 0.2) is 36.8 Å². The molecule has 150 valence electrons.